The molecule has 0 unspecified atom stereocenters. The third kappa shape index (κ3) is 5.85. The van der Waals surface area contributed by atoms with E-state index >= 15 is 0 Å². The van der Waals surface area contributed by atoms with E-state index in [0.29, 0.717) is 24.8 Å². The lowest BCUT2D eigenvalue weighted by molar-refractivity contribution is -0.120. The molecule has 0 bridgehead atoms. The lowest BCUT2D eigenvalue weighted by atomic mass is 9.89. The molecule has 23 heavy (non-hydrogen) atoms. The summed E-state index contributed by atoms with van der Waals surface area (Å²) in [5.41, 5.74) is 3.25. The van der Waals surface area contributed by atoms with Gasteiger partial charge in [0, 0.05) is 18.4 Å². The Labute approximate surface area is 139 Å². The van der Waals surface area contributed by atoms with Crippen LogP contribution in [0.2, 0.25) is 0 Å². The van der Waals surface area contributed by atoms with E-state index in [4.69, 9.17) is 0 Å². The predicted molar refractivity (Wildman–Crippen MR) is 94.2 cm³/mol. The number of aromatic nitrogens is 1. The van der Waals surface area contributed by atoms with Crippen LogP contribution in [0.4, 0.5) is 0 Å². The van der Waals surface area contributed by atoms with E-state index in [9.17, 15) is 4.79 Å². The molecule has 3 nitrogen and oxygen atoms in total. The molecule has 0 fully saturated rings. The van der Waals surface area contributed by atoms with Crippen molar-refractivity contribution >= 4 is 5.91 Å². The first-order chi connectivity index (χ1) is 11.0. The maximum absolute atomic E-state index is 12.1. The van der Waals surface area contributed by atoms with Crippen molar-refractivity contribution in [3.05, 3.63) is 65.5 Å². The molecule has 3 heteroatoms. The second-order valence-electron chi connectivity index (χ2n) is 6.48. The maximum Gasteiger partial charge on any atom is 0.224 e. The van der Waals surface area contributed by atoms with Crippen LogP contribution in [0, 0.1) is 18.8 Å². The quantitative estimate of drug-likeness (QED) is 0.849. The lowest BCUT2D eigenvalue weighted by Crippen LogP contribution is -2.33. The highest BCUT2D eigenvalue weighted by atomic mass is 16.1. The number of rotatable bonds is 7. The van der Waals surface area contributed by atoms with Crippen LogP contribution in [0.3, 0.4) is 0 Å². The zero-order valence-corrected chi connectivity index (χ0v) is 14.3. The molecule has 1 aromatic carbocycles. The van der Waals surface area contributed by atoms with E-state index in [1.54, 1.807) is 6.20 Å². The van der Waals surface area contributed by atoms with Crippen molar-refractivity contribution in [2.75, 3.05) is 6.54 Å². The number of pyridine rings is 1. The molecule has 0 aliphatic rings. The minimum atomic E-state index is 0.0642. The number of carbonyl (C=O) groups excluding carboxylic acids is 1. The molecular weight excluding hydrogens is 284 g/mol. The molecule has 1 aromatic heterocycles. The van der Waals surface area contributed by atoms with E-state index in [-0.39, 0.29) is 5.91 Å². The van der Waals surface area contributed by atoms with Crippen LogP contribution in [0.15, 0.2) is 48.7 Å². The summed E-state index contributed by atoms with van der Waals surface area (Å²) in [5.74, 6) is 1.03. The molecular formula is C20H26N2O. The Morgan fingerprint density at radius 2 is 1.83 bits per heavy atom. The Bertz CT molecular complexity index is 605. The molecule has 0 aliphatic heterocycles. The Morgan fingerprint density at radius 1 is 1.09 bits per heavy atom. The van der Waals surface area contributed by atoms with Gasteiger partial charge in [-0.2, -0.15) is 0 Å². The molecule has 0 radical (unpaired) electrons. The van der Waals surface area contributed by atoms with E-state index in [1.807, 2.05) is 25.1 Å². The van der Waals surface area contributed by atoms with Gasteiger partial charge < -0.3 is 5.32 Å². The van der Waals surface area contributed by atoms with Crippen molar-refractivity contribution < 1.29 is 4.79 Å². The average molecular weight is 310 g/mol. The Kier molecular flexibility index (Phi) is 6.33. The van der Waals surface area contributed by atoms with E-state index in [2.05, 4.69) is 48.4 Å². The SMILES string of the molecule is Cc1ccc(CC(=O)NC[C@@H](Cc2ccccc2)C(C)C)cn1. The summed E-state index contributed by atoms with van der Waals surface area (Å²) in [6.07, 6.45) is 3.16. The number of amides is 1. The molecule has 1 amide bonds. The third-order valence-corrected chi connectivity index (χ3v) is 4.18. The smallest absolute Gasteiger partial charge is 0.224 e. The normalized spacial score (nSPS) is 12.2. The molecule has 1 atom stereocenters. The van der Waals surface area contributed by atoms with Crippen LogP contribution in [-0.2, 0) is 17.6 Å². The summed E-state index contributed by atoms with van der Waals surface area (Å²) in [7, 11) is 0. The average Bonchev–Trinajstić information content (AvgIpc) is 2.54. The molecule has 2 rings (SSSR count). The van der Waals surface area contributed by atoms with Gasteiger partial charge in [-0.1, -0.05) is 50.2 Å². The van der Waals surface area contributed by atoms with Gasteiger partial charge in [0.1, 0.15) is 0 Å². The zero-order valence-electron chi connectivity index (χ0n) is 14.3. The predicted octanol–water partition coefficient (Wildman–Crippen LogP) is 3.56. The van der Waals surface area contributed by atoms with Gasteiger partial charge in [-0.25, -0.2) is 0 Å². The van der Waals surface area contributed by atoms with Crippen LogP contribution in [0.5, 0.6) is 0 Å². The molecule has 2 aromatic rings. The van der Waals surface area contributed by atoms with E-state index in [1.165, 1.54) is 5.56 Å². The van der Waals surface area contributed by atoms with Crippen molar-refractivity contribution in [3.63, 3.8) is 0 Å². The van der Waals surface area contributed by atoms with Gasteiger partial charge in [0.2, 0.25) is 5.91 Å². The summed E-state index contributed by atoms with van der Waals surface area (Å²) in [4.78, 5) is 16.4. The minimum Gasteiger partial charge on any atom is -0.356 e. The van der Waals surface area contributed by atoms with Crippen LogP contribution in [0.1, 0.15) is 30.7 Å². The first-order valence-electron chi connectivity index (χ1n) is 8.26. The molecule has 0 aliphatic carbocycles. The third-order valence-electron chi connectivity index (χ3n) is 4.18. The molecule has 122 valence electrons. The fraction of sp³-hybridized carbons (Fsp3) is 0.400. The Hall–Kier alpha value is -2.16. The molecule has 1 heterocycles. The van der Waals surface area contributed by atoms with Crippen molar-refractivity contribution in [2.24, 2.45) is 11.8 Å². The first-order valence-corrected chi connectivity index (χ1v) is 8.26. The van der Waals surface area contributed by atoms with Gasteiger partial charge in [0.15, 0.2) is 0 Å². The summed E-state index contributed by atoms with van der Waals surface area (Å²) >= 11 is 0. The van der Waals surface area contributed by atoms with Crippen LogP contribution >= 0.6 is 0 Å². The fourth-order valence-corrected chi connectivity index (χ4v) is 2.56. The molecule has 0 spiro atoms. The topological polar surface area (TPSA) is 42.0 Å². The highest BCUT2D eigenvalue weighted by Crippen LogP contribution is 2.16. The molecule has 0 saturated carbocycles. The molecule has 1 N–H and O–H groups in total. The monoisotopic (exact) mass is 310 g/mol. The number of aryl methyl sites for hydroxylation is 1. The van der Waals surface area contributed by atoms with Gasteiger partial charge in [0.25, 0.3) is 0 Å². The number of nitrogens with one attached hydrogen (secondary N) is 1. The zero-order chi connectivity index (χ0) is 16.7. The van der Waals surface area contributed by atoms with Crippen molar-refractivity contribution in [2.45, 2.75) is 33.6 Å². The summed E-state index contributed by atoms with van der Waals surface area (Å²) < 4.78 is 0. The van der Waals surface area contributed by atoms with E-state index < -0.39 is 0 Å². The molecule has 0 saturated heterocycles. The fourth-order valence-electron chi connectivity index (χ4n) is 2.56. The maximum atomic E-state index is 12.1. The standard InChI is InChI=1S/C20H26N2O/c1-15(2)19(11-17-7-5-4-6-8-17)14-22-20(23)12-18-10-9-16(3)21-13-18/h4-10,13,15,19H,11-12,14H2,1-3H3,(H,22,23)/t19-/m1/s1. The Morgan fingerprint density at radius 3 is 2.43 bits per heavy atom. The van der Waals surface area contributed by atoms with Gasteiger partial charge in [-0.15, -0.1) is 0 Å². The van der Waals surface area contributed by atoms with Gasteiger partial charge in [-0.05, 0) is 42.4 Å². The number of hydrogen-bond donors (Lipinski definition) is 1. The van der Waals surface area contributed by atoms with Crippen molar-refractivity contribution in [3.8, 4) is 0 Å². The van der Waals surface area contributed by atoms with Crippen LogP contribution in [-0.4, -0.2) is 17.4 Å². The Balaban J connectivity index is 1.85. The highest BCUT2D eigenvalue weighted by Gasteiger charge is 2.15. The number of nitrogens with zero attached hydrogens (tertiary/aromatic N) is 1. The number of hydrogen-bond acceptors (Lipinski definition) is 2. The first kappa shape index (κ1) is 17.2. The van der Waals surface area contributed by atoms with Gasteiger partial charge in [0.05, 0.1) is 6.42 Å². The lowest BCUT2D eigenvalue weighted by Gasteiger charge is -2.21. The van der Waals surface area contributed by atoms with Gasteiger partial charge in [-0.3, -0.25) is 9.78 Å². The minimum absolute atomic E-state index is 0.0642. The van der Waals surface area contributed by atoms with Crippen LogP contribution < -0.4 is 5.32 Å². The highest BCUT2D eigenvalue weighted by molar-refractivity contribution is 5.78. The number of carbonyl (C=O) groups is 1. The van der Waals surface area contributed by atoms with E-state index in [0.717, 1.165) is 17.7 Å². The second kappa shape index (κ2) is 8.47. The second-order valence-corrected chi connectivity index (χ2v) is 6.48. The largest absolute Gasteiger partial charge is 0.356 e. The van der Waals surface area contributed by atoms with Crippen LogP contribution in [0.25, 0.3) is 0 Å². The van der Waals surface area contributed by atoms with Gasteiger partial charge >= 0.3 is 0 Å². The summed E-state index contributed by atoms with van der Waals surface area (Å²) in [6.45, 7) is 7.08. The number of benzene rings is 1. The van der Waals surface area contributed by atoms with Crippen molar-refractivity contribution in [1.82, 2.24) is 10.3 Å². The summed E-state index contributed by atoms with van der Waals surface area (Å²) in [6, 6.07) is 14.4. The van der Waals surface area contributed by atoms with Crippen molar-refractivity contribution in [1.29, 1.82) is 0 Å². The summed E-state index contributed by atoms with van der Waals surface area (Å²) in [5, 5.41) is 3.08.